The molecule has 0 fully saturated rings. The third kappa shape index (κ3) is 2.18. The molecule has 5 nitrogen and oxygen atoms in total. The van der Waals surface area contributed by atoms with Crippen molar-refractivity contribution >= 4 is 5.91 Å². The van der Waals surface area contributed by atoms with E-state index in [-0.39, 0.29) is 6.61 Å². The zero-order chi connectivity index (χ0) is 8.91. The predicted octanol–water partition coefficient (Wildman–Crippen LogP) is -1.05. The topological polar surface area (TPSA) is 88.1 Å². The Morgan fingerprint density at radius 1 is 1.91 bits per heavy atom. The summed E-state index contributed by atoms with van der Waals surface area (Å²) in [7, 11) is 1.39. The molecule has 0 radical (unpaired) electrons. The summed E-state index contributed by atoms with van der Waals surface area (Å²) in [6, 6.07) is 1.57. The number of rotatable bonds is 3. The van der Waals surface area contributed by atoms with Crippen LogP contribution in [-0.4, -0.2) is 25.3 Å². The predicted molar refractivity (Wildman–Crippen MR) is 38.2 cm³/mol. The number of ether oxygens (including phenoxy) is 1. The van der Waals surface area contributed by atoms with E-state index < -0.39 is 11.6 Å². The lowest BCUT2D eigenvalue weighted by Gasteiger charge is -2.18. The van der Waals surface area contributed by atoms with E-state index in [1.165, 1.54) is 7.05 Å². The van der Waals surface area contributed by atoms with Gasteiger partial charge in [-0.25, -0.2) is 0 Å². The molecular formula is C6H11N3O2. The summed E-state index contributed by atoms with van der Waals surface area (Å²) in [6.45, 7) is 1.87. The highest BCUT2D eigenvalue weighted by Crippen LogP contribution is 2.00. The maximum absolute atomic E-state index is 10.9. The monoisotopic (exact) mass is 157 g/mol. The number of likely N-dealkylation sites (N-methyl/N-ethyl adjacent to an activating group) is 1. The van der Waals surface area contributed by atoms with Crippen LogP contribution < -0.4 is 11.1 Å². The first-order valence-electron chi connectivity index (χ1n) is 3.17. The normalized spacial score (nSPS) is 14.7. The van der Waals surface area contributed by atoms with Gasteiger partial charge in [0.2, 0.25) is 0 Å². The van der Waals surface area contributed by atoms with Gasteiger partial charge < -0.3 is 10.1 Å². The van der Waals surface area contributed by atoms with E-state index >= 15 is 0 Å². The molecule has 0 saturated carbocycles. The highest BCUT2D eigenvalue weighted by molar-refractivity contribution is 5.87. The van der Waals surface area contributed by atoms with Gasteiger partial charge in [-0.2, -0.15) is 5.26 Å². The van der Waals surface area contributed by atoms with Crippen molar-refractivity contribution in [2.24, 2.45) is 5.73 Å². The van der Waals surface area contributed by atoms with Crippen LogP contribution >= 0.6 is 0 Å². The maximum Gasteiger partial charge on any atom is 0.286 e. The molecule has 0 saturated heterocycles. The number of hydrogen-bond acceptors (Lipinski definition) is 4. The van der Waals surface area contributed by atoms with Crippen molar-refractivity contribution < 1.29 is 9.53 Å². The molecule has 11 heavy (non-hydrogen) atoms. The van der Waals surface area contributed by atoms with Crippen LogP contribution in [0.15, 0.2) is 0 Å². The van der Waals surface area contributed by atoms with Gasteiger partial charge in [-0.3, -0.25) is 10.5 Å². The number of carbonyl (C=O) groups is 1. The summed E-state index contributed by atoms with van der Waals surface area (Å²) in [6.07, 6.45) is 0. The Bertz CT molecular complexity index is 187. The van der Waals surface area contributed by atoms with Crippen molar-refractivity contribution in [3.8, 4) is 6.07 Å². The molecule has 0 aliphatic carbocycles. The van der Waals surface area contributed by atoms with Gasteiger partial charge in [0, 0.05) is 13.7 Å². The molecule has 62 valence electrons. The molecular weight excluding hydrogens is 146 g/mol. The summed E-state index contributed by atoms with van der Waals surface area (Å²) in [5.74, 6) is -0.637. The minimum atomic E-state index is -1.84. The number of nitrogens with one attached hydrogen (secondary N) is 1. The average molecular weight is 157 g/mol. The lowest BCUT2D eigenvalue weighted by Crippen LogP contribution is -2.54. The van der Waals surface area contributed by atoms with Gasteiger partial charge in [-0.05, 0) is 6.92 Å². The zero-order valence-corrected chi connectivity index (χ0v) is 6.55. The number of hydrogen-bond donors (Lipinski definition) is 2. The van der Waals surface area contributed by atoms with Crippen LogP contribution in [0.1, 0.15) is 6.92 Å². The quantitative estimate of drug-likeness (QED) is 0.511. The summed E-state index contributed by atoms with van der Waals surface area (Å²) < 4.78 is 4.74. The Morgan fingerprint density at radius 2 is 2.45 bits per heavy atom. The summed E-state index contributed by atoms with van der Waals surface area (Å²) >= 11 is 0. The fraction of sp³-hybridized carbons (Fsp3) is 0.667. The van der Waals surface area contributed by atoms with Crippen LogP contribution in [0.2, 0.25) is 0 Å². The number of nitrogens with two attached hydrogens (primary N) is 1. The van der Waals surface area contributed by atoms with E-state index in [1.54, 1.807) is 13.0 Å². The molecule has 0 heterocycles. The molecule has 5 heteroatoms. The average Bonchev–Trinajstić information content (AvgIpc) is 2.03. The molecule has 0 bridgehead atoms. The summed E-state index contributed by atoms with van der Waals surface area (Å²) in [4.78, 5) is 10.9. The SMILES string of the molecule is CCOC(N)(C#N)C(=O)NC. The van der Waals surface area contributed by atoms with Gasteiger partial charge in [0.25, 0.3) is 11.6 Å². The highest BCUT2D eigenvalue weighted by atomic mass is 16.5. The van der Waals surface area contributed by atoms with Gasteiger partial charge in [-0.15, -0.1) is 0 Å². The van der Waals surface area contributed by atoms with Crippen molar-refractivity contribution in [3.05, 3.63) is 0 Å². The van der Waals surface area contributed by atoms with Crippen LogP contribution in [0.5, 0.6) is 0 Å². The Hall–Kier alpha value is -1.12. The fourth-order valence-electron chi connectivity index (χ4n) is 0.562. The molecule has 1 amide bonds. The first-order chi connectivity index (χ1) is 5.10. The lowest BCUT2D eigenvalue weighted by molar-refractivity contribution is -0.138. The van der Waals surface area contributed by atoms with Crippen molar-refractivity contribution in [2.75, 3.05) is 13.7 Å². The van der Waals surface area contributed by atoms with Crippen molar-refractivity contribution in [1.29, 1.82) is 5.26 Å². The van der Waals surface area contributed by atoms with Crippen molar-refractivity contribution in [3.63, 3.8) is 0 Å². The second-order valence-corrected chi connectivity index (χ2v) is 1.86. The van der Waals surface area contributed by atoms with Crippen LogP contribution in [-0.2, 0) is 9.53 Å². The Kier molecular flexibility index (Phi) is 3.51. The second kappa shape index (κ2) is 3.91. The van der Waals surface area contributed by atoms with E-state index in [0.29, 0.717) is 0 Å². The molecule has 0 aromatic heterocycles. The molecule has 1 atom stereocenters. The zero-order valence-electron chi connectivity index (χ0n) is 6.55. The van der Waals surface area contributed by atoms with E-state index in [9.17, 15) is 4.79 Å². The van der Waals surface area contributed by atoms with E-state index in [1.807, 2.05) is 0 Å². The van der Waals surface area contributed by atoms with Gasteiger partial charge >= 0.3 is 0 Å². The summed E-state index contributed by atoms with van der Waals surface area (Å²) in [5, 5.41) is 10.7. The Labute approximate surface area is 65.1 Å². The fourth-order valence-corrected chi connectivity index (χ4v) is 0.562. The van der Waals surface area contributed by atoms with Crippen molar-refractivity contribution in [1.82, 2.24) is 5.32 Å². The van der Waals surface area contributed by atoms with Gasteiger partial charge in [-0.1, -0.05) is 0 Å². The van der Waals surface area contributed by atoms with E-state index in [4.69, 9.17) is 15.7 Å². The minimum absolute atomic E-state index is 0.220. The molecule has 0 aromatic carbocycles. The number of nitrogens with zero attached hydrogens (tertiary/aromatic N) is 1. The van der Waals surface area contributed by atoms with E-state index in [2.05, 4.69) is 5.32 Å². The number of carbonyl (C=O) groups excluding carboxylic acids is 1. The standard InChI is InChI=1S/C6H11N3O2/c1-3-11-6(8,4-7)5(10)9-2/h3,8H2,1-2H3,(H,9,10). The molecule has 0 spiro atoms. The van der Waals surface area contributed by atoms with Crippen molar-refractivity contribution in [2.45, 2.75) is 12.6 Å². The van der Waals surface area contributed by atoms with Gasteiger partial charge in [0.1, 0.15) is 6.07 Å². The minimum Gasteiger partial charge on any atom is -0.354 e. The molecule has 3 N–H and O–H groups in total. The molecule has 0 aliphatic rings. The van der Waals surface area contributed by atoms with Crippen LogP contribution in [0, 0.1) is 11.3 Å². The smallest absolute Gasteiger partial charge is 0.286 e. The third-order valence-electron chi connectivity index (χ3n) is 1.10. The van der Waals surface area contributed by atoms with Gasteiger partial charge in [0.15, 0.2) is 0 Å². The maximum atomic E-state index is 10.9. The Morgan fingerprint density at radius 3 is 2.73 bits per heavy atom. The van der Waals surface area contributed by atoms with Crippen LogP contribution in [0.3, 0.4) is 0 Å². The largest absolute Gasteiger partial charge is 0.354 e. The molecule has 0 aromatic rings. The first-order valence-corrected chi connectivity index (χ1v) is 3.17. The third-order valence-corrected chi connectivity index (χ3v) is 1.10. The number of amides is 1. The lowest BCUT2D eigenvalue weighted by atomic mass is 10.2. The second-order valence-electron chi connectivity index (χ2n) is 1.86. The Balaban J connectivity index is 4.36. The van der Waals surface area contributed by atoms with Crippen LogP contribution in [0.4, 0.5) is 0 Å². The molecule has 0 aliphatic heterocycles. The molecule has 1 unspecified atom stereocenters. The first kappa shape index (κ1) is 9.88. The number of nitriles is 1. The van der Waals surface area contributed by atoms with Gasteiger partial charge in [0.05, 0.1) is 0 Å². The summed E-state index contributed by atoms with van der Waals surface area (Å²) in [5.41, 5.74) is 3.42. The molecule has 0 rings (SSSR count). The van der Waals surface area contributed by atoms with Crippen LogP contribution in [0.25, 0.3) is 0 Å². The highest BCUT2D eigenvalue weighted by Gasteiger charge is 2.33. The van der Waals surface area contributed by atoms with E-state index in [0.717, 1.165) is 0 Å².